The molecule has 0 amide bonds. The molecule has 4 rings (SSSR count). The second kappa shape index (κ2) is 6.73. The molecule has 0 fully saturated rings. The topological polar surface area (TPSA) is 17.1 Å². The van der Waals surface area contributed by atoms with Crippen LogP contribution in [-0.2, 0) is 10.9 Å². The first-order valence-corrected chi connectivity index (χ1v) is 10.2. The number of Topliss-reactive ketones (excluding diaryl/α,β-unsaturated/α-hetero) is 1. The van der Waals surface area contributed by atoms with Crippen molar-refractivity contribution < 1.29 is 4.79 Å². The summed E-state index contributed by atoms with van der Waals surface area (Å²) >= 11 is 0. The van der Waals surface area contributed by atoms with Crippen LogP contribution in [0.15, 0.2) is 89.8 Å². The quantitative estimate of drug-likeness (QED) is 0.272. The van der Waals surface area contributed by atoms with E-state index in [9.17, 15) is 4.79 Å². The number of benzene rings is 4. The molecule has 0 aliphatic carbocycles. The van der Waals surface area contributed by atoms with Gasteiger partial charge in [0, 0.05) is 27.9 Å². The molecule has 25 heavy (non-hydrogen) atoms. The Morgan fingerprint density at radius 3 is 2.12 bits per heavy atom. The van der Waals surface area contributed by atoms with Crippen molar-refractivity contribution in [2.75, 3.05) is 12.0 Å². The lowest BCUT2D eigenvalue weighted by atomic mass is 10.0. The fourth-order valence-electron chi connectivity index (χ4n) is 3.29. The minimum absolute atomic E-state index is 0.144. The van der Waals surface area contributed by atoms with Gasteiger partial charge in [0.05, 0.1) is 0 Å². The highest BCUT2D eigenvalue weighted by Gasteiger charge is 2.24. The van der Waals surface area contributed by atoms with Crippen molar-refractivity contribution in [1.29, 1.82) is 0 Å². The minimum atomic E-state index is -0.144. The van der Waals surface area contributed by atoms with Crippen molar-refractivity contribution in [3.8, 4) is 0 Å². The average molecular weight is 343 g/mol. The first-order valence-electron chi connectivity index (χ1n) is 8.35. The van der Waals surface area contributed by atoms with Gasteiger partial charge < -0.3 is 0 Å². The average Bonchev–Trinajstić information content (AvgIpc) is 2.68. The largest absolute Gasteiger partial charge is 0.289 e. The molecule has 0 radical (unpaired) electrons. The Kier molecular flexibility index (Phi) is 4.29. The normalized spacial score (nSPS) is 12.4. The van der Waals surface area contributed by atoms with Crippen molar-refractivity contribution in [1.82, 2.24) is 0 Å². The van der Waals surface area contributed by atoms with Crippen LogP contribution in [0.5, 0.6) is 0 Å². The predicted octanol–water partition coefficient (Wildman–Crippen LogP) is 5.48. The van der Waals surface area contributed by atoms with E-state index in [1.807, 2.05) is 30.3 Å². The summed E-state index contributed by atoms with van der Waals surface area (Å²) in [7, 11) is -0.144. The van der Waals surface area contributed by atoms with Crippen LogP contribution in [-0.4, -0.2) is 17.8 Å². The number of ketones is 1. The van der Waals surface area contributed by atoms with Gasteiger partial charge in [-0.15, -0.1) is 0 Å². The number of carbonyl (C=O) groups excluding carboxylic acids is 1. The Balaban J connectivity index is 1.78. The van der Waals surface area contributed by atoms with E-state index in [2.05, 4.69) is 60.9 Å². The molecule has 1 nitrogen and oxygen atoms in total. The lowest BCUT2D eigenvalue weighted by Gasteiger charge is -2.10. The number of fused-ring (bicyclic) bond motifs is 3. The van der Waals surface area contributed by atoms with Crippen LogP contribution >= 0.6 is 0 Å². The molecule has 0 saturated carbocycles. The van der Waals surface area contributed by atoms with Crippen LogP contribution in [0.2, 0.25) is 0 Å². The van der Waals surface area contributed by atoms with Crippen molar-refractivity contribution in [3.63, 3.8) is 0 Å². The summed E-state index contributed by atoms with van der Waals surface area (Å²) in [6, 6.07) is 28.9. The number of hydrogen-bond donors (Lipinski definition) is 0. The molecule has 0 bridgehead atoms. The Hall–Kier alpha value is -2.58. The van der Waals surface area contributed by atoms with Crippen LogP contribution < -0.4 is 0 Å². The number of rotatable bonds is 4. The molecule has 4 aromatic carbocycles. The molecule has 0 aliphatic rings. The van der Waals surface area contributed by atoms with Gasteiger partial charge in [-0.05, 0) is 22.2 Å². The van der Waals surface area contributed by atoms with Crippen LogP contribution in [0.4, 0.5) is 0 Å². The zero-order valence-electron chi connectivity index (χ0n) is 14.1. The maximum absolute atomic E-state index is 12.6. The van der Waals surface area contributed by atoms with E-state index in [1.54, 1.807) is 0 Å². The third kappa shape index (κ3) is 3.06. The molecule has 122 valence electrons. The van der Waals surface area contributed by atoms with E-state index >= 15 is 0 Å². The highest BCUT2D eigenvalue weighted by molar-refractivity contribution is 7.97. The first-order chi connectivity index (χ1) is 12.2. The molecule has 2 heteroatoms. The number of hydrogen-bond acceptors (Lipinski definition) is 1. The van der Waals surface area contributed by atoms with Gasteiger partial charge in [0.1, 0.15) is 6.26 Å². The summed E-state index contributed by atoms with van der Waals surface area (Å²) in [6.45, 7) is 0. The fraction of sp³-hybridized carbons (Fsp3) is 0.0870. The van der Waals surface area contributed by atoms with Crippen molar-refractivity contribution in [3.05, 3.63) is 90.5 Å². The zero-order chi connectivity index (χ0) is 17.2. The highest BCUT2D eigenvalue weighted by Crippen LogP contribution is 2.32. The lowest BCUT2D eigenvalue weighted by molar-refractivity contribution is 0.102. The first kappa shape index (κ1) is 15.9. The monoisotopic (exact) mass is 343 g/mol. The number of carbonyl (C=O) groups is 1. The summed E-state index contributed by atoms with van der Waals surface area (Å²) in [5.74, 6) is 0.760. The van der Waals surface area contributed by atoms with Crippen molar-refractivity contribution >= 4 is 38.2 Å². The third-order valence-corrected chi connectivity index (χ3v) is 6.33. The minimum Gasteiger partial charge on any atom is -0.289 e. The van der Waals surface area contributed by atoms with Gasteiger partial charge in [0.15, 0.2) is 10.6 Å². The molecule has 1 atom stereocenters. The van der Waals surface area contributed by atoms with Crippen molar-refractivity contribution in [2.45, 2.75) is 4.90 Å². The summed E-state index contributed by atoms with van der Waals surface area (Å²) in [6.07, 6.45) is 2.18. The second-order valence-electron chi connectivity index (χ2n) is 6.21. The van der Waals surface area contributed by atoms with Crippen LogP contribution in [0, 0.1) is 0 Å². The van der Waals surface area contributed by atoms with E-state index in [4.69, 9.17) is 0 Å². The SMILES string of the molecule is C[S+](CC(=O)c1ccccc1)c1cc2ccccc2c2ccccc12. The molecule has 0 aliphatic heterocycles. The Morgan fingerprint density at radius 2 is 1.36 bits per heavy atom. The molecule has 4 aromatic rings. The zero-order valence-corrected chi connectivity index (χ0v) is 14.9. The Morgan fingerprint density at radius 1 is 0.760 bits per heavy atom. The summed E-state index contributed by atoms with van der Waals surface area (Å²) in [4.78, 5) is 13.9. The van der Waals surface area contributed by atoms with E-state index in [1.165, 1.54) is 26.4 Å². The second-order valence-corrected chi connectivity index (χ2v) is 8.21. The maximum atomic E-state index is 12.6. The van der Waals surface area contributed by atoms with Gasteiger partial charge >= 0.3 is 0 Å². The molecule has 0 N–H and O–H groups in total. The molecular weight excluding hydrogens is 324 g/mol. The Bertz CT molecular complexity index is 1050. The van der Waals surface area contributed by atoms with Crippen LogP contribution in [0.25, 0.3) is 21.5 Å². The standard InChI is InChI=1S/C23H19OS/c1-25(16-22(24)17-9-3-2-4-10-17)23-15-18-11-5-6-12-19(18)20-13-7-8-14-21(20)23/h2-15H,16H2,1H3/q+1. The molecule has 0 heterocycles. The van der Waals surface area contributed by atoms with Crippen LogP contribution in [0.1, 0.15) is 10.4 Å². The smallest absolute Gasteiger partial charge is 0.212 e. The third-order valence-electron chi connectivity index (χ3n) is 4.55. The van der Waals surface area contributed by atoms with Gasteiger partial charge in [-0.1, -0.05) is 72.8 Å². The van der Waals surface area contributed by atoms with E-state index in [0.29, 0.717) is 5.75 Å². The van der Waals surface area contributed by atoms with Gasteiger partial charge in [-0.2, -0.15) is 0 Å². The highest BCUT2D eigenvalue weighted by atomic mass is 32.2. The molecule has 0 aromatic heterocycles. The summed E-state index contributed by atoms with van der Waals surface area (Å²) in [5, 5.41) is 5.03. The predicted molar refractivity (Wildman–Crippen MR) is 109 cm³/mol. The van der Waals surface area contributed by atoms with Gasteiger partial charge in [-0.25, -0.2) is 0 Å². The van der Waals surface area contributed by atoms with Gasteiger partial charge in [-0.3, -0.25) is 4.79 Å². The van der Waals surface area contributed by atoms with Crippen LogP contribution in [0.3, 0.4) is 0 Å². The maximum Gasteiger partial charge on any atom is 0.212 e. The van der Waals surface area contributed by atoms with E-state index in [-0.39, 0.29) is 16.7 Å². The molecule has 1 unspecified atom stereocenters. The lowest BCUT2D eigenvalue weighted by Crippen LogP contribution is -2.16. The van der Waals surface area contributed by atoms with E-state index in [0.717, 1.165) is 5.56 Å². The Labute approximate surface area is 150 Å². The molecule has 0 saturated heterocycles. The summed E-state index contributed by atoms with van der Waals surface area (Å²) < 4.78 is 0. The van der Waals surface area contributed by atoms with Gasteiger partial charge in [0.25, 0.3) is 0 Å². The molecular formula is C23H19OS+. The van der Waals surface area contributed by atoms with E-state index < -0.39 is 0 Å². The fourth-order valence-corrected chi connectivity index (χ4v) is 4.89. The van der Waals surface area contributed by atoms with Gasteiger partial charge in [0.2, 0.25) is 5.78 Å². The molecule has 0 spiro atoms. The van der Waals surface area contributed by atoms with Crippen molar-refractivity contribution in [2.24, 2.45) is 0 Å². The summed E-state index contributed by atoms with van der Waals surface area (Å²) in [5.41, 5.74) is 0.798.